The van der Waals surface area contributed by atoms with Crippen molar-refractivity contribution in [2.75, 3.05) is 0 Å². The van der Waals surface area contributed by atoms with Crippen LogP contribution in [-0.2, 0) is 0 Å². The summed E-state index contributed by atoms with van der Waals surface area (Å²) in [5, 5.41) is 12.7. The summed E-state index contributed by atoms with van der Waals surface area (Å²) in [4.78, 5) is 15.2. The fourth-order valence-electron chi connectivity index (χ4n) is 6.23. The standard InChI is InChI=1S/C38H24N4O/c1-2-9-26-21-27(17-13-23(26)7-1)36-40-37(28-18-16-25-15-14-24-8-3-4-10-29(24)31(25)22-28)42-38(41-36)35-34-30-11-5-6-12-32(30)43-33(34)19-20-39-35/h1-22,37H,(H,40,41,42). The molecule has 1 N–H and O–H groups in total. The zero-order valence-corrected chi connectivity index (χ0v) is 23.0. The summed E-state index contributed by atoms with van der Waals surface area (Å²) in [6.07, 6.45) is 1.32. The Morgan fingerprint density at radius 1 is 0.535 bits per heavy atom. The van der Waals surface area contributed by atoms with Crippen molar-refractivity contribution in [1.29, 1.82) is 0 Å². The molecule has 9 rings (SSSR count). The average Bonchev–Trinajstić information content (AvgIpc) is 3.46. The van der Waals surface area contributed by atoms with Gasteiger partial charge in [0.15, 0.2) is 12.0 Å². The molecule has 1 atom stereocenters. The molecule has 1 unspecified atom stereocenters. The molecule has 0 amide bonds. The third-order valence-electron chi connectivity index (χ3n) is 8.34. The first-order valence-electron chi connectivity index (χ1n) is 14.4. The molecule has 1 aliphatic heterocycles. The van der Waals surface area contributed by atoms with Gasteiger partial charge >= 0.3 is 0 Å². The van der Waals surface area contributed by atoms with Crippen LogP contribution in [0, 0.1) is 0 Å². The largest absolute Gasteiger partial charge is 0.456 e. The number of furan rings is 1. The molecular formula is C38H24N4O. The van der Waals surface area contributed by atoms with Crippen molar-refractivity contribution in [3.63, 3.8) is 0 Å². The maximum atomic E-state index is 6.19. The van der Waals surface area contributed by atoms with Crippen LogP contribution in [0.2, 0.25) is 0 Å². The second kappa shape index (κ2) is 9.36. The van der Waals surface area contributed by atoms with Crippen LogP contribution in [0.5, 0.6) is 0 Å². The second-order valence-electron chi connectivity index (χ2n) is 10.9. The van der Waals surface area contributed by atoms with E-state index in [9.17, 15) is 0 Å². The van der Waals surface area contributed by atoms with Crippen LogP contribution in [0.1, 0.15) is 23.0 Å². The van der Waals surface area contributed by atoms with E-state index in [2.05, 4.69) is 108 Å². The lowest BCUT2D eigenvalue weighted by Gasteiger charge is -2.22. The average molecular weight is 553 g/mol. The highest BCUT2D eigenvalue weighted by atomic mass is 16.3. The Morgan fingerprint density at radius 3 is 2.14 bits per heavy atom. The van der Waals surface area contributed by atoms with Gasteiger partial charge in [-0.3, -0.25) is 4.98 Å². The molecule has 5 nitrogen and oxygen atoms in total. The van der Waals surface area contributed by atoms with Crippen LogP contribution in [-0.4, -0.2) is 16.7 Å². The molecule has 0 aliphatic carbocycles. The van der Waals surface area contributed by atoms with E-state index in [4.69, 9.17) is 19.4 Å². The highest BCUT2D eigenvalue weighted by Crippen LogP contribution is 2.34. The molecule has 5 heteroatoms. The third kappa shape index (κ3) is 3.90. The number of nitrogens with zero attached hydrogens (tertiary/aromatic N) is 3. The number of aliphatic imine (C=N–C) groups is 2. The van der Waals surface area contributed by atoms with Crippen LogP contribution < -0.4 is 5.32 Å². The minimum absolute atomic E-state index is 0.462. The van der Waals surface area contributed by atoms with Crippen molar-refractivity contribution in [2.45, 2.75) is 6.17 Å². The van der Waals surface area contributed by atoms with E-state index >= 15 is 0 Å². The maximum Gasteiger partial charge on any atom is 0.169 e. The van der Waals surface area contributed by atoms with E-state index in [1.807, 2.05) is 24.3 Å². The molecule has 6 aromatic carbocycles. The molecule has 202 valence electrons. The smallest absolute Gasteiger partial charge is 0.169 e. The zero-order valence-electron chi connectivity index (χ0n) is 23.0. The van der Waals surface area contributed by atoms with E-state index in [0.717, 1.165) is 50.0 Å². The Labute approximate surface area is 246 Å². The fourth-order valence-corrected chi connectivity index (χ4v) is 6.23. The Morgan fingerprint density at radius 2 is 1.23 bits per heavy atom. The number of aromatic nitrogens is 1. The van der Waals surface area contributed by atoms with Crippen molar-refractivity contribution in [3.8, 4) is 0 Å². The van der Waals surface area contributed by atoms with Crippen molar-refractivity contribution in [1.82, 2.24) is 10.3 Å². The molecule has 0 radical (unpaired) electrons. The van der Waals surface area contributed by atoms with Gasteiger partial charge in [-0.2, -0.15) is 0 Å². The lowest BCUT2D eigenvalue weighted by atomic mass is 9.99. The lowest BCUT2D eigenvalue weighted by molar-refractivity contribution is 0.668. The molecule has 1 aliphatic rings. The highest BCUT2D eigenvalue weighted by Gasteiger charge is 2.25. The quantitative estimate of drug-likeness (QED) is 0.223. The number of pyridine rings is 1. The van der Waals surface area contributed by atoms with Crippen LogP contribution in [0.3, 0.4) is 0 Å². The van der Waals surface area contributed by atoms with Crippen molar-refractivity contribution < 1.29 is 4.42 Å². The summed E-state index contributed by atoms with van der Waals surface area (Å²) < 4.78 is 6.19. The first kappa shape index (κ1) is 23.9. The molecular weight excluding hydrogens is 528 g/mol. The number of amidine groups is 2. The summed E-state index contributed by atoms with van der Waals surface area (Å²) >= 11 is 0. The van der Waals surface area contributed by atoms with Gasteiger partial charge in [-0.15, -0.1) is 0 Å². The maximum absolute atomic E-state index is 6.19. The second-order valence-corrected chi connectivity index (χ2v) is 10.9. The van der Waals surface area contributed by atoms with E-state index in [0.29, 0.717) is 5.84 Å². The number of rotatable bonds is 3. The number of benzene rings is 6. The van der Waals surface area contributed by atoms with Gasteiger partial charge in [-0.25, -0.2) is 9.98 Å². The Bertz CT molecular complexity index is 2450. The minimum atomic E-state index is -0.462. The highest BCUT2D eigenvalue weighted by molar-refractivity contribution is 6.22. The van der Waals surface area contributed by atoms with E-state index in [1.165, 1.54) is 26.9 Å². The number of hydrogen-bond acceptors (Lipinski definition) is 5. The molecule has 8 aromatic rings. The fraction of sp³-hybridized carbons (Fsp3) is 0.0263. The number of nitrogens with one attached hydrogen (secondary N) is 1. The van der Waals surface area contributed by atoms with Gasteiger partial charge in [0.2, 0.25) is 0 Å². The van der Waals surface area contributed by atoms with Crippen molar-refractivity contribution >= 4 is 65.9 Å². The zero-order chi connectivity index (χ0) is 28.3. The Kier molecular flexibility index (Phi) is 5.19. The predicted molar refractivity (Wildman–Crippen MR) is 176 cm³/mol. The van der Waals surface area contributed by atoms with Crippen LogP contribution in [0.4, 0.5) is 0 Å². The molecule has 0 fully saturated rings. The van der Waals surface area contributed by atoms with E-state index in [-0.39, 0.29) is 0 Å². The number of fused-ring (bicyclic) bond motifs is 7. The number of hydrogen-bond donors (Lipinski definition) is 1. The topological polar surface area (TPSA) is 62.8 Å². The van der Waals surface area contributed by atoms with Gasteiger partial charge in [0.1, 0.15) is 22.7 Å². The number of para-hydroxylation sites is 1. The third-order valence-corrected chi connectivity index (χ3v) is 8.34. The minimum Gasteiger partial charge on any atom is -0.456 e. The van der Waals surface area contributed by atoms with Gasteiger partial charge in [-0.1, -0.05) is 103 Å². The van der Waals surface area contributed by atoms with Crippen molar-refractivity contribution in [3.05, 3.63) is 150 Å². The van der Waals surface area contributed by atoms with Gasteiger partial charge in [0.25, 0.3) is 0 Å². The lowest BCUT2D eigenvalue weighted by Crippen LogP contribution is -2.36. The van der Waals surface area contributed by atoms with Crippen LogP contribution in [0.25, 0.3) is 54.3 Å². The molecule has 0 bridgehead atoms. The molecule has 0 spiro atoms. The SMILES string of the molecule is c1ccc2cc(C3=NC(c4ccc5ccc6ccccc6c5c4)N=C(c4nccc5oc6ccccc6c45)N3)ccc2c1. The Hall–Kier alpha value is -5.81. The normalized spacial score (nSPS) is 15.2. The van der Waals surface area contributed by atoms with Gasteiger partial charge in [0, 0.05) is 17.1 Å². The summed E-state index contributed by atoms with van der Waals surface area (Å²) in [7, 11) is 0. The predicted octanol–water partition coefficient (Wildman–Crippen LogP) is 8.94. The first-order valence-corrected chi connectivity index (χ1v) is 14.4. The summed E-state index contributed by atoms with van der Waals surface area (Å²) in [5.74, 6) is 1.42. The molecule has 3 heterocycles. The van der Waals surface area contributed by atoms with Gasteiger partial charge in [0.05, 0.1) is 5.39 Å². The van der Waals surface area contributed by atoms with E-state index < -0.39 is 6.17 Å². The molecule has 2 aromatic heterocycles. The van der Waals surface area contributed by atoms with Crippen LogP contribution in [0.15, 0.2) is 148 Å². The first-order chi connectivity index (χ1) is 21.3. The van der Waals surface area contributed by atoms with Gasteiger partial charge in [-0.05, 0) is 62.1 Å². The van der Waals surface area contributed by atoms with Gasteiger partial charge < -0.3 is 9.73 Å². The molecule has 0 saturated carbocycles. The molecule has 43 heavy (non-hydrogen) atoms. The Balaban J connectivity index is 1.26. The van der Waals surface area contributed by atoms with Crippen molar-refractivity contribution in [2.24, 2.45) is 9.98 Å². The summed E-state index contributed by atoms with van der Waals surface area (Å²) in [6.45, 7) is 0. The molecule has 0 saturated heterocycles. The monoisotopic (exact) mass is 552 g/mol. The summed E-state index contributed by atoms with van der Waals surface area (Å²) in [6, 6.07) is 44.2. The summed E-state index contributed by atoms with van der Waals surface area (Å²) in [5.41, 5.74) is 4.35. The van der Waals surface area contributed by atoms with Crippen LogP contribution >= 0.6 is 0 Å². The van der Waals surface area contributed by atoms with E-state index in [1.54, 1.807) is 6.20 Å².